The zero-order valence-electron chi connectivity index (χ0n) is 18.1. The normalized spacial score (nSPS) is 10.7. The van der Waals surface area contributed by atoms with Crippen molar-refractivity contribution in [3.8, 4) is 29.3 Å². The van der Waals surface area contributed by atoms with Gasteiger partial charge in [0, 0.05) is 13.3 Å². The zero-order chi connectivity index (χ0) is 23.4. The zero-order valence-corrected chi connectivity index (χ0v) is 18.1. The van der Waals surface area contributed by atoms with Crippen LogP contribution in [-0.4, -0.2) is 15.6 Å². The quantitative estimate of drug-likeness (QED) is 0.424. The highest BCUT2D eigenvalue weighted by Crippen LogP contribution is 2.24. The Balaban J connectivity index is 1.55. The summed E-state index contributed by atoms with van der Waals surface area (Å²) in [4.78, 5) is 17.4. The molecular formula is C26H19N5O2. The Bertz CT molecular complexity index is 1480. The Morgan fingerprint density at radius 1 is 0.909 bits per heavy atom. The minimum absolute atomic E-state index is 0.188. The molecule has 0 aliphatic rings. The third kappa shape index (κ3) is 4.30. The van der Waals surface area contributed by atoms with Gasteiger partial charge in [0.1, 0.15) is 23.6 Å². The van der Waals surface area contributed by atoms with Crippen LogP contribution in [0.2, 0.25) is 0 Å². The molecule has 0 bridgehead atoms. The lowest BCUT2D eigenvalue weighted by Gasteiger charge is -2.07. The molecule has 0 N–H and O–H groups in total. The van der Waals surface area contributed by atoms with E-state index in [0.29, 0.717) is 22.7 Å². The fourth-order valence-electron chi connectivity index (χ4n) is 3.38. The van der Waals surface area contributed by atoms with E-state index in [4.69, 9.17) is 15.3 Å². The summed E-state index contributed by atoms with van der Waals surface area (Å²) in [6, 6.07) is 25.3. The Hall–Kier alpha value is -4.88. The van der Waals surface area contributed by atoms with Crippen molar-refractivity contribution in [1.29, 1.82) is 10.5 Å². The van der Waals surface area contributed by atoms with Crippen LogP contribution in [0.4, 0.5) is 5.69 Å². The molecule has 7 heteroatoms. The van der Waals surface area contributed by atoms with E-state index in [1.165, 1.54) is 6.07 Å². The smallest absolute Gasteiger partial charge is 0.297 e. The number of aromatic nitrogens is 2. The van der Waals surface area contributed by atoms with Crippen LogP contribution in [-0.2, 0) is 7.05 Å². The van der Waals surface area contributed by atoms with Crippen molar-refractivity contribution in [1.82, 2.24) is 9.36 Å². The summed E-state index contributed by atoms with van der Waals surface area (Å²) in [5.74, 6) is 1.04. The summed E-state index contributed by atoms with van der Waals surface area (Å²) in [7, 11) is 1.83. The maximum absolute atomic E-state index is 13.0. The second-order valence-corrected chi connectivity index (χ2v) is 7.27. The van der Waals surface area contributed by atoms with Gasteiger partial charge in [-0.3, -0.25) is 9.48 Å². The predicted molar refractivity (Wildman–Crippen MR) is 125 cm³/mol. The molecule has 0 unspecified atom stereocenters. The van der Waals surface area contributed by atoms with E-state index in [0.717, 1.165) is 16.9 Å². The molecule has 7 nitrogen and oxygen atoms in total. The lowest BCUT2D eigenvalue weighted by Crippen LogP contribution is -2.19. The summed E-state index contributed by atoms with van der Waals surface area (Å²) in [6.45, 7) is 1.86. The van der Waals surface area contributed by atoms with Crippen LogP contribution in [0.1, 0.15) is 22.4 Å². The maximum Gasteiger partial charge on any atom is 0.297 e. The van der Waals surface area contributed by atoms with Gasteiger partial charge in [-0.2, -0.15) is 10.5 Å². The van der Waals surface area contributed by atoms with Crippen LogP contribution in [0.5, 0.6) is 11.5 Å². The molecule has 0 radical (unpaired) electrons. The Morgan fingerprint density at radius 3 is 2.24 bits per heavy atom. The van der Waals surface area contributed by atoms with E-state index in [1.54, 1.807) is 39.8 Å². The number of para-hydroxylation sites is 1. The lowest BCUT2D eigenvalue weighted by atomic mass is 10.1. The molecule has 33 heavy (non-hydrogen) atoms. The third-order valence-corrected chi connectivity index (χ3v) is 5.21. The monoisotopic (exact) mass is 433 g/mol. The van der Waals surface area contributed by atoms with E-state index in [2.05, 4.69) is 4.99 Å². The molecule has 0 saturated carbocycles. The maximum atomic E-state index is 13.0. The summed E-state index contributed by atoms with van der Waals surface area (Å²) in [6.07, 6.45) is 1.64. The van der Waals surface area contributed by atoms with Crippen molar-refractivity contribution in [2.24, 2.45) is 12.0 Å². The minimum Gasteiger partial charge on any atom is -0.457 e. The number of nitrogens with zero attached hydrogens (tertiary/aromatic N) is 5. The van der Waals surface area contributed by atoms with Gasteiger partial charge >= 0.3 is 0 Å². The molecular weight excluding hydrogens is 414 g/mol. The molecule has 0 aliphatic heterocycles. The molecule has 4 aromatic rings. The van der Waals surface area contributed by atoms with E-state index in [-0.39, 0.29) is 11.1 Å². The molecule has 0 atom stereocenters. The lowest BCUT2D eigenvalue weighted by molar-refractivity contribution is 0.482. The van der Waals surface area contributed by atoms with Crippen molar-refractivity contribution in [3.63, 3.8) is 0 Å². The van der Waals surface area contributed by atoms with Crippen molar-refractivity contribution in [3.05, 3.63) is 106 Å². The third-order valence-electron chi connectivity index (χ3n) is 5.21. The summed E-state index contributed by atoms with van der Waals surface area (Å²) >= 11 is 0. The van der Waals surface area contributed by atoms with Gasteiger partial charge in [-0.05, 0) is 67.1 Å². The molecule has 160 valence electrons. The number of nitriles is 2. The van der Waals surface area contributed by atoms with Crippen LogP contribution in [0, 0.1) is 29.6 Å². The summed E-state index contributed by atoms with van der Waals surface area (Å²) in [5, 5.41) is 18.2. The van der Waals surface area contributed by atoms with Crippen molar-refractivity contribution in [2.75, 3.05) is 0 Å². The molecule has 0 amide bonds. The molecule has 0 fully saturated rings. The largest absolute Gasteiger partial charge is 0.457 e. The SMILES string of the molecule is Cc1c(N=Cc2ccc(Oc3ccc(C#N)c(C#N)c3)cc2)c(=O)n(-c2ccccc2)n1C. The van der Waals surface area contributed by atoms with Crippen LogP contribution >= 0.6 is 0 Å². The average Bonchev–Trinajstić information content (AvgIpc) is 3.06. The van der Waals surface area contributed by atoms with E-state index >= 15 is 0 Å². The number of aliphatic imine (C=N–C) groups is 1. The van der Waals surface area contributed by atoms with Crippen molar-refractivity contribution in [2.45, 2.75) is 6.92 Å². The Morgan fingerprint density at radius 2 is 1.58 bits per heavy atom. The Labute approximate surface area is 190 Å². The van der Waals surface area contributed by atoms with E-state index in [1.807, 2.05) is 68.6 Å². The fraction of sp³-hybridized carbons (Fsp3) is 0.0769. The summed E-state index contributed by atoms with van der Waals surface area (Å²) < 4.78 is 9.16. The molecule has 1 heterocycles. The highest BCUT2D eigenvalue weighted by Gasteiger charge is 2.14. The highest BCUT2D eigenvalue weighted by atomic mass is 16.5. The van der Waals surface area contributed by atoms with Gasteiger partial charge in [0.25, 0.3) is 5.56 Å². The van der Waals surface area contributed by atoms with Gasteiger partial charge < -0.3 is 4.74 Å². The number of benzene rings is 3. The van der Waals surface area contributed by atoms with E-state index in [9.17, 15) is 4.79 Å². The number of rotatable bonds is 5. The van der Waals surface area contributed by atoms with Gasteiger partial charge in [-0.25, -0.2) is 9.67 Å². The average molecular weight is 433 g/mol. The molecule has 0 aliphatic carbocycles. The van der Waals surface area contributed by atoms with Gasteiger partial charge in [0.15, 0.2) is 5.69 Å². The summed E-state index contributed by atoms with van der Waals surface area (Å²) in [5.41, 5.74) is 3.09. The van der Waals surface area contributed by atoms with E-state index < -0.39 is 0 Å². The first kappa shape index (κ1) is 21.4. The molecule has 4 rings (SSSR count). The van der Waals surface area contributed by atoms with Gasteiger partial charge in [-0.15, -0.1) is 0 Å². The van der Waals surface area contributed by atoms with Crippen molar-refractivity contribution >= 4 is 11.9 Å². The number of hydrogen-bond donors (Lipinski definition) is 0. The van der Waals surface area contributed by atoms with Crippen LogP contribution < -0.4 is 10.3 Å². The van der Waals surface area contributed by atoms with Crippen LogP contribution in [0.25, 0.3) is 5.69 Å². The first-order valence-corrected chi connectivity index (χ1v) is 10.1. The van der Waals surface area contributed by atoms with Crippen molar-refractivity contribution < 1.29 is 4.74 Å². The van der Waals surface area contributed by atoms with Gasteiger partial charge in [0.05, 0.1) is 22.5 Å². The first-order chi connectivity index (χ1) is 16.0. The van der Waals surface area contributed by atoms with Gasteiger partial charge in [-0.1, -0.05) is 18.2 Å². The second-order valence-electron chi connectivity index (χ2n) is 7.27. The Kier molecular flexibility index (Phi) is 5.88. The second kappa shape index (κ2) is 9.09. The van der Waals surface area contributed by atoms with Crippen LogP contribution in [0.15, 0.2) is 82.6 Å². The standard InChI is InChI=1S/C26H19N5O2/c1-18-25(26(32)31(30(18)2)22-6-4-3-5-7-22)29-17-19-8-11-23(12-9-19)33-24-13-10-20(15-27)21(14-24)16-28/h3-14,17H,1-2H3. The highest BCUT2D eigenvalue weighted by molar-refractivity contribution is 5.82. The molecule has 0 spiro atoms. The number of ether oxygens (including phenoxy) is 1. The molecule has 3 aromatic carbocycles. The minimum atomic E-state index is -0.188. The molecule has 1 aromatic heterocycles. The first-order valence-electron chi connectivity index (χ1n) is 10.1. The van der Waals surface area contributed by atoms with Crippen LogP contribution in [0.3, 0.4) is 0 Å². The molecule has 0 saturated heterocycles. The topological polar surface area (TPSA) is 96.1 Å². The predicted octanol–water partition coefficient (Wildman–Crippen LogP) is 4.77. The fourth-order valence-corrected chi connectivity index (χ4v) is 3.38. The van der Waals surface area contributed by atoms with Gasteiger partial charge in [0.2, 0.25) is 0 Å². The number of hydrogen-bond acceptors (Lipinski definition) is 5.